The van der Waals surface area contributed by atoms with E-state index < -0.39 is 0 Å². The maximum atomic E-state index is 6.13. The van der Waals surface area contributed by atoms with Crippen LogP contribution in [-0.4, -0.2) is 67.2 Å². The standard InChI is InChI=1S/C20H34N4OS.HI/c1-20(2,3)25-17-5-11-24(12-6-17)19(21-4)22-9-13-23-10-7-18-16(15-23)8-14-26-18;/h8,14,17H,5-7,9-13,15H2,1-4H3,(H,21,22);1H. The molecular formula is C20H35IN4OS. The number of piperidine rings is 1. The van der Waals surface area contributed by atoms with Gasteiger partial charge in [0, 0.05) is 51.2 Å². The molecule has 0 bridgehead atoms. The van der Waals surface area contributed by atoms with Gasteiger partial charge in [0.05, 0.1) is 11.7 Å². The van der Waals surface area contributed by atoms with E-state index in [-0.39, 0.29) is 29.6 Å². The summed E-state index contributed by atoms with van der Waals surface area (Å²) < 4.78 is 6.13. The number of ether oxygens (including phenoxy) is 1. The van der Waals surface area contributed by atoms with Crippen LogP contribution in [0, 0.1) is 0 Å². The average Bonchev–Trinajstić information content (AvgIpc) is 3.06. The lowest BCUT2D eigenvalue weighted by Gasteiger charge is -2.37. The number of thiophene rings is 1. The molecule has 0 unspecified atom stereocenters. The number of hydrogen-bond donors (Lipinski definition) is 1. The van der Waals surface area contributed by atoms with Crippen molar-refractivity contribution >= 4 is 41.3 Å². The average molecular weight is 506 g/mol. The first kappa shape index (κ1) is 22.9. The Morgan fingerprint density at radius 3 is 2.70 bits per heavy atom. The van der Waals surface area contributed by atoms with Crippen LogP contribution < -0.4 is 5.32 Å². The number of rotatable bonds is 4. The van der Waals surface area contributed by atoms with Gasteiger partial charge in [0.2, 0.25) is 0 Å². The summed E-state index contributed by atoms with van der Waals surface area (Å²) in [5, 5.41) is 5.79. The predicted octanol–water partition coefficient (Wildman–Crippen LogP) is 3.58. The minimum Gasteiger partial charge on any atom is -0.372 e. The first-order valence-corrected chi connectivity index (χ1v) is 10.7. The third-order valence-corrected chi connectivity index (χ3v) is 6.09. The molecule has 3 heterocycles. The first-order valence-electron chi connectivity index (χ1n) is 9.85. The van der Waals surface area contributed by atoms with E-state index in [0.717, 1.165) is 51.5 Å². The number of guanidine groups is 1. The molecule has 1 aromatic heterocycles. The van der Waals surface area contributed by atoms with Crippen molar-refractivity contribution in [3.63, 3.8) is 0 Å². The third-order valence-electron chi connectivity index (χ3n) is 5.07. The minimum atomic E-state index is -0.0521. The van der Waals surface area contributed by atoms with Crippen molar-refractivity contribution in [1.29, 1.82) is 0 Å². The van der Waals surface area contributed by atoms with E-state index in [1.54, 1.807) is 4.88 Å². The highest BCUT2D eigenvalue weighted by Crippen LogP contribution is 2.23. The fourth-order valence-electron chi connectivity index (χ4n) is 3.84. The highest BCUT2D eigenvalue weighted by molar-refractivity contribution is 14.0. The second-order valence-corrected chi connectivity index (χ2v) is 9.29. The van der Waals surface area contributed by atoms with Gasteiger partial charge in [0.1, 0.15) is 0 Å². The highest BCUT2D eigenvalue weighted by atomic mass is 127. The van der Waals surface area contributed by atoms with Gasteiger partial charge in [-0.1, -0.05) is 0 Å². The van der Waals surface area contributed by atoms with E-state index in [4.69, 9.17) is 4.74 Å². The zero-order valence-electron chi connectivity index (χ0n) is 17.2. The molecule has 1 N–H and O–H groups in total. The summed E-state index contributed by atoms with van der Waals surface area (Å²) in [7, 11) is 1.89. The number of likely N-dealkylation sites (tertiary alicyclic amines) is 1. The Morgan fingerprint density at radius 1 is 1.30 bits per heavy atom. The molecule has 2 aliphatic rings. The van der Waals surface area contributed by atoms with Crippen molar-refractivity contribution in [2.45, 2.75) is 58.3 Å². The summed E-state index contributed by atoms with van der Waals surface area (Å²) in [6.07, 6.45) is 3.72. The summed E-state index contributed by atoms with van der Waals surface area (Å²) >= 11 is 1.90. The molecule has 0 aliphatic carbocycles. The summed E-state index contributed by atoms with van der Waals surface area (Å²) in [4.78, 5) is 11.0. The van der Waals surface area contributed by atoms with Crippen LogP contribution in [-0.2, 0) is 17.7 Å². The number of fused-ring (bicyclic) bond motifs is 1. The summed E-state index contributed by atoms with van der Waals surface area (Å²) in [6, 6.07) is 2.28. The van der Waals surface area contributed by atoms with E-state index in [2.05, 4.69) is 52.3 Å². The summed E-state index contributed by atoms with van der Waals surface area (Å²) in [5.41, 5.74) is 1.47. The van der Waals surface area contributed by atoms with Gasteiger partial charge in [0.15, 0.2) is 5.96 Å². The van der Waals surface area contributed by atoms with Crippen molar-refractivity contribution in [2.24, 2.45) is 4.99 Å². The maximum Gasteiger partial charge on any atom is 0.193 e. The molecule has 5 nitrogen and oxygen atoms in total. The molecule has 1 saturated heterocycles. The van der Waals surface area contributed by atoms with E-state index in [0.29, 0.717) is 6.10 Å². The predicted molar refractivity (Wildman–Crippen MR) is 126 cm³/mol. The Kier molecular flexibility index (Phi) is 8.83. The lowest BCUT2D eigenvalue weighted by atomic mass is 10.1. The number of aliphatic imine (C=N–C) groups is 1. The molecule has 2 aliphatic heterocycles. The molecule has 0 amide bonds. The van der Waals surface area contributed by atoms with Crippen molar-refractivity contribution in [1.82, 2.24) is 15.1 Å². The molecule has 27 heavy (non-hydrogen) atoms. The van der Waals surface area contributed by atoms with E-state index in [9.17, 15) is 0 Å². The largest absolute Gasteiger partial charge is 0.372 e. The Bertz CT molecular complexity index is 605. The SMILES string of the molecule is CN=C(NCCN1CCc2sccc2C1)N1CCC(OC(C)(C)C)CC1.I. The number of nitrogens with one attached hydrogen (secondary N) is 1. The van der Waals surface area contributed by atoms with Crippen molar-refractivity contribution < 1.29 is 4.74 Å². The van der Waals surface area contributed by atoms with Gasteiger partial charge in [-0.3, -0.25) is 9.89 Å². The van der Waals surface area contributed by atoms with Gasteiger partial charge in [-0.05, 0) is 57.0 Å². The van der Waals surface area contributed by atoms with Crippen LogP contribution in [0.5, 0.6) is 0 Å². The van der Waals surface area contributed by atoms with Gasteiger partial charge >= 0.3 is 0 Å². The van der Waals surface area contributed by atoms with Gasteiger partial charge in [-0.25, -0.2) is 0 Å². The molecule has 0 radical (unpaired) electrons. The Labute approximate surface area is 185 Å². The molecule has 0 saturated carbocycles. The van der Waals surface area contributed by atoms with Crippen LogP contribution >= 0.6 is 35.3 Å². The fraction of sp³-hybridized carbons (Fsp3) is 0.750. The lowest BCUT2D eigenvalue weighted by Crippen LogP contribution is -2.49. The Hall–Kier alpha value is -0.380. The molecule has 7 heteroatoms. The van der Waals surface area contributed by atoms with E-state index >= 15 is 0 Å². The van der Waals surface area contributed by atoms with Crippen LogP contribution in [0.15, 0.2) is 16.4 Å². The quantitative estimate of drug-likeness (QED) is 0.385. The van der Waals surface area contributed by atoms with E-state index in [1.807, 2.05) is 18.4 Å². The van der Waals surface area contributed by atoms with Crippen LogP contribution in [0.4, 0.5) is 0 Å². The second-order valence-electron chi connectivity index (χ2n) is 8.29. The van der Waals surface area contributed by atoms with Crippen LogP contribution in [0.2, 0.25) is 0 Å². The zero-order valence-corrected chi connectivity index (χ0v) is 20.3. The fourth-order valence-corrected chi connectivity index (χ4v) is 4.73. The van der Waals surface area contributed by atoms with Gasteiger partial charge in [-0.15, -0.1) is 35.3 Å². The minimum absolute atomic E-state index is 0. The first-order chi connectivity index (χ1) is 12.4. The smallest absolute Gasteiger partial charge is 0.193 e. The lowest BCUT2D eigenvalue weighted by molar-refractivity contribution is -0.0772. The normalized spacial score (nSPS) is 19.6. The summed E-state index contributed by atoms with van der Waals surface area (Å²) in [6.45, 7) is 12.7. The Balaban J connectivity index is 0.00000261. The van der Waals surface area contributed by atoms with E-state index in [1.165, 1.54) is 18.5 Å². The van der Waals surface area contributed by atoms with Crippen LogP contribution in [0.1, 0.15) is 44.1 Å². The van der Waals surface area contributed by atoms with Crippen molar-refractivity contribution in [3.05, 3.63) is 21.9 Å². The molecule has 154 valence electrons. The molecule has 0 atom stereocenters. The number of hydrogen-bond acceptors (Lipinski definition) is 4. The molecular weight excluding hydrogens is 471 g/mol. The maximum absolute atomic E-state index is 6.13. The molecule has 0 aromatic carbocycles. The number of nitrogens with zero attached hydrogens (tertiary/aromatic N) is 3. The zero-order chi connectivity index (χ0) is 18.6. The topological polar surface area (TPSA) is 40.1 Å². The second kappa shape index (κ2) is 10.4. The highest BCUT2D eigenvalue weighted by Gasteiger charge is 2.25. The molecule has 1 fully saturated rings. The van der Waals surface area contributed by atoms with Gasteiger partial charge in [0.25, 0.3) is 0 Å². The summed E-state index contributed by atoms with van der Waals surface area (Å²) in [5.74, 6) is 1.03. The number of halogens is 1. The monoisotopic (exact) mass is 506 g/mol. The van der Waals surface area contributed by atoms with Gasteiger partial charge in [-0.2, -0.15) is 0 Å². The van der Waals surface area contributed by atoms with Crippen molar-refractivity contribution in [3.8, 4) is 0 Å². The van der Waals surface area contributed by atoms with Crippen molar-refractivity contribution in [2.75, 3.05) is 39.8 Å². The molecule has 3 rings (SSSR count). The molecule has 1 aromatic rings. The van der Waals surface area contributed by atoms with Crippen LogP contribution in [0.25, 0.3) is 0 Å². The third kappa shape index (κ3) is 6.87. The van der Waals surface area contributed by atoms with Gasteiger partial charge < -0.3 is 15.0 Å². The Morgan fingerprint density at radius 2 is 2.04 bits per heavy atom. The van der Waals surface area contributed by atoms with Crippen LogP contribution in [0.3, 0.4) is 0 Å². The molecule has 0 spiro atoms.